The van der Waals surface area contributed by atoms with E-state index >= 15 is 0 Å². The topological polar surface area (TPSA) is 105 Å². The van der Waals surface area contributed by atoms with Crippen molar-refractivity contribution < 1.29 is 23.9 Å². The molecular weight excluding hydrogens is 398 g/mol. The van der Waals surface area contributed by atoms with Gasteiger partial charge in [-0.2, -0.15) is 0 Å². The number of rotatable bonds is 6. The molecule has 1 aromatic carbocycles. The van der Waals surface area contributed by atoms with E-state index in [1.165, 1.54) is 13.5 Å². The van der Waals surface area contributed by atoms with Gasteiger partial charge in [-0.1, -0.05) is 32.8 Å². The molecule has 2 N–H and O–H groups in total. The lowest BCUT2D eigenvalue weighted by atomic mass is 9.77. The lowest BCUT2D eigenvalue weighted by Gasteiger charge is -2.39. The fraction of sp³-hybridized carbons (Fsp3) is 0.565. The van der Waals surface area contributed by atoms with Crippen molar-refractivity contribution in [1.29, 1.82) is 0 Å². The summed E-state index contributed by atoms with van der Waals surface area (Å²) in [5.74, 6) is -0.878. The number of carbonyl (C=O) groups excluding carboxylic acids is 4. The van der Waals surface area contributed by atoms with E-state index in [9.17, 15) is 19.2 Å². The number of carbonyl (C=O) groups is 4. The highest BCUT2D eigenvalue weighted by atomic mass is 16.5. The van der Waals surface area contributed by atoms with Crippen LogP contribution in [0.3, 0.4) is 0 Å². The maximum Gasteiger partial charge on any atom is 0.311 e. The Hall–Kier alpha value is -2.90. The second-order valence-electron chi connectivity index (χ2n) is 8.60. The number of nitrogens with zero attached hydrogens (tertiary/aromatic N) is 1. The van der Waals surface area contributed by atoms with Gasteiger partial charge in [0.1, 0.15) is 0 Å². The van der Waals surface area contributed by atoms with Gasteiger partial charge >= 0.3 is 5.97 Å². The van der Waals surface area contributed by atoms with Gasteiger partial charge in [0.25, 0.3) is 11.8 Å². The molecule has 1 aromatic rings. The van der Waals surface area contributed by atoms with E-state index in [1.807, 2.05) is 4.90 Å². The highest BCUT2D eigenvalue weighted by molar-refractivity contribution is 5.97. The summed E-state index contributed by atoms with van der Waals surface area (Å²) in [5, 5.41) is 5.13. The molecule has 3 amide bonds. The summed E-state index contributed by atoms with van der Waals surface area (Å²) >= 11 is 0. The second kappa shape index (κ2) is 9.94. The molecule has 2 aliphatic rings. The van der Waals surface area contributed by atoms with Crippen molar-refractivity contribution in [3.63, 3.8) is 0 Å². The largest absolute Gasteiger partial charge is 0.455 e. The van der Waals surface area contributed by atoms with Crippen molar-refractivity contribution in [3.8, 4) is 0 Å². The molecule has 1 saturated carbocycles. The van der Waals surface area contributed by atoms with Gasteiger partial charge in [-0.3, -0.25) is 19.2 Å². The Balaban J connectivity index is 1.50. The van der Waals surface area contributed by atoms with Crippen LogP contribution < -0.4 is 10.6 Å². The first-order valence-electron chi connectivity index (χ1n) is 10.9. The van der Waals surface area contributed by atoms with Crippen molar-refractivity contribution in [2.24, 2.45) is 17.8 Å². The molecular formula is C23H31N3O5. The van der Waals surface area contributed by atoms with Crippen LogP contribution in [0, 0.1) is 17.8 Å². The smallest absolute Gasteiger partial charge is 0.311 e. The highest BCUT2D eigenvalue weighted by Crippen LogP contribution is 2.35. The standard InChI is InChI=1S/C23H31N3O5/c1-14-6-4-9-19(15(14)2)26-12-17(11-21(26)28)23(30)31-13-20(27)25-18-8-5-7-16(10-18)22(29)24-3/h5,7-8,10,14-15,17,19H,4,6,9,11-13H2,1-3H3,(H,24,29)(H,25,27)/t14-,15-,17-,19+/m1/s1. The van der Waals surface area contributed by atoms with E-state index in [1.54, 1.807) is 24.3 Å². The number of hydrogen-bond acceptors (Lipinski definition) is 5. The summed E-state index contributed by atoms with van der Waals surface area (Å²) in [4.78, 5) is 50.7. The lowest BCUT2D eigenvalue weighted by Crippen LogP contribution is -2.45. The van der Waals surface area contributed by atoms with Gasteiger partial charge in [-0.05, 0) is 36.5 Å². The molecule has 31 heavy (non-hydrogen) atoms. The molecule has 0 unspecified atom stereocenters. The van der Waals surface area contributed by atoms with E-state index in [0.29, 0.717) is 29.6 Å². The molecule has 1 saturated heterocycles. The van der Waals surface area contributed by atoms with Crippen molar-refractivity contribution in [2.75, 3.05) is 25.5 Å². The van der Waals surface area contributed by atoms with Crippen LogP contribution in [-0.2, 0) is 19.1 Å². The van der Waals surface area contributed by atoms with E-state index in [2.05, 4.69) is 24.5 Å². The van der Waals surface area contributed by atoms with Gasteiger partial charge in [0, 0.05) is 37.3 Å². The zero-order valence-electron chi connectivity index (χ0n) is 18.3. The van der Waals surface area contributed by atoms with Gasteiger partial charge in [0.15, 0.2) is 6.61 Å². The first-order chi connectivity index (χ1) is 14.8. The molecule has 2 fully saturated rings. The fourth-order valence-electron chi connectivity index (χ4n) is 4.54. The monoisotopic (exact) mass is 429 g/mol. The fourth-order valence-corrected chi connectivity index (χ4v) is 4.54. The Labute approximate surface area is 182 Å². The van der Waals surface area contributed by atoms with E-state index < -0.39 is 24.4 Å². The second-order valence-corrected chi connectivity index (χ2v) is 8.60. The lowest BCUT2D eigenvalue weighted by molar-refractivity contribution is -0.151. The molecule has 0 radical (unpaired) electrons. The summed E-state index contributed by atoms with van der Waals surface area (Å²) in [5.41, 5.74) is 0.845. The van der Waals surface area contributed by atoms with Crippen LogP contribution in [-0.4, -0.2) is 54.8 Å². The Morgan fingerprint density at radius 3 is 2.71 bits per heavy atom. The van der Waals surface area contributed by atoms with Gasteiger partial charge in [-0.25, -0.2) is 0 Å². The third-order valence-electron chi connectivity index (χ3n) is 6.54. The Morgan fingerprint density at radius 2 is 1.97 bits per heavy atom. The number of nitrogens with one attached hydrogen (secondary N) is 2. The maximum absolute atomic E-state index is 12.5. The normalized spacial score (nSPS) is 25.8. The number of hydrogen-bond donors (Lipinski definition) is 2. The first-order valence-corrected chi connectivity index (χ1v) is 10.9. The molecule has 168 valence electrons. The van der Waals surface area contributed by atoms with Crippen molar-refractivity contribution in [1.82, 2.24) is 10.2 Å². The molecule has 8 heteroatoms. The summed E-state index contributed by atoms with van der Waals surface area (Å²) in [6, 6.07) is 6.64. The van der Waals surface area contributed by atoms with Crippen molar-refractivity contribution >= 4 is 29.4 Å². The summed E-state index contributed by atoms with van der Waals surface area (Å²) in [6.45, 7) is 4.31. The zero-order chi connectivity index (χ0) is 22.5. The summed E-state index contributed by atoms with van der Waals surface area (Å²) in [6.07, 6.45) is 3.37. The van der Waals surface area contributed by atoms with Crippen molar-refractivity contribution in [2.45, 2.75) is 45.6 Å². The average Bonchev–Trinajstić information content (AvgIpc) is 3.15. The Kier molecular flexibility index (Phi) is 7.30. The number of likely N-dealkylation sites (tertiary alicyclic amines) is 1. The van der Waals surface area contributed by atoms with Crippen LogP contribution in [0.2, 0.25) is 0 Å². The number of esters is 1. The predicted molar refractivity (Wildman–Crippen MR) is 115 cm³/mol. The summed E-state index contributed by atoms with van der Waals surface area (Å²) < 4.78 is 5.18. The van der Waals surface area contributed by atoms with Gasteiger partial charge < -0.3 is 20.3 Å². The van der Waals surface area contributed by atoms with E-state index in [4.69, 9.17) is 4.74 Å². The SMILES string of the molecule is CNC(=O)c1cccc(NC(=O)COC(=O)[C@@H]2CC(=O)N([C@H]3CCC[C@@H](C)[C@H]3C)C2)c1. The molecule has 1 aliphatic heterocycles. The summed E-state index contributed by atoms with van der Waals surface area (Å²) in [7, 11) is 1.53. The average molecular weight is 430 g/mol. The van der Waals surface area contributed by atoms with Crippen molar-refractivity contribution in [3.05, 3.63) is 29.8 Å². The maximum atomic E-state index is 12.5. The van der Waals surface area contributed by atoms with Crippen LogP contribution in [0.4, 0.5) is 5.69 Å². The minimum absolute atomic E-state index is 0.0108. The Bertz CT molecular complexity index is 855. The Morgan fingerprint density at radius 1 is 1.19 bits per heavy atom. The van der Waals surface area contributed by atoms with Gasteiger partial charge in [0.05, 0.1) is 5.92 Å². The zero-order valence-corrected chi connectivity index (χ0v) is 18.3. The van der Waals surface area contributed by atoms with Gasteiger partial charge in [-0.15, -0.1) is 0 Å². The van der Waals surface area contributed by atoms with Crippen LogP contribution in [0.1, 0.15) is 49.9 Å². The minimum Gasteiger partial charge on any atom is -0.455 e. The van der Waals surface area contributed by atoms with E-state index in [0.717, 1.165) is 12.8 Å². The van der Waals surface area contributed by atoms with Crippen LogP contribution >= 0.6 is 0 Å². The number of anilines is 1. The molecule has 0 spiro atoms. The van der Waals surface area contributed by atoms with Crippen LogP contribution in [0.5, 0.6) is 0 Å². The number of benzene rings is 1. The molecule has 8 nitrogen and oxygen atoms in total. The van der Waals surface area contributed by atoms with Gasteiger partial charge in [0.2, 0.25) is 5.91 Å². The van der Waals surface area contributed by atoms with Crippen LogP contribution in [0.25, 0.3) is 0 Å². The highest BCUT2D eigenvalue weighted by Gasteiger charge is 2.42. The molecule has 0 bridgehead atoms. The molecule has 1 heterocycles. The minimum atomic E-state index is -0.540. The number of ether oxygens (including phenoxy) is 1. The first kappa shape index (κ1) is 22.8. The van der Waals surface area contributed by atoms with E-state index in [-0.39, 0.29) is 24.3 Å². The third kappa shape index (κ3) is 5.42. The quantitative estimate of drug-likeness (QED) is 0.675. The third-order valence-corrected chi connectivity index (χ3v) is 6.54. The predicted octanol–water partition coefficient (Wildman–Crippen LogP) is 2.20. The van der Waals surface area contributed by atoms with Crippen LogP contribution in [0.15, 0.2) is 24.3 Å². The molecule has 4 atom stereocenters. The molecule has 3 rings (SSSR count). The molecule has 0 aromatic heterocycles. The molecule has 1 aliphatic carbocycles. The number of amides is 3.